The van der Waals surface area contributed by atoms with Gasteiger partial charge in [0.05, 0.1) is 15.2 Å². The molecule has 0 aliphatic rings. The molecule has 0 aliphatic heterocycles. The van der Waals surface area contributed by atoms with Gasteiger partial charge in [-0.15, -0.1) is 22.7 Å². The predicted molar refractivity (Wildman–Crippen MR) is 177 cm³/mol. The van der Waals surface area contributed by atoms with Crippen LogP contribution in [0.1, 0.15) is 119 Å². The molecule has 0 amide bonds. The van der Waals surface area contributed by atoms with E-state index in [0.29, 0.717) is 0 Å². The molecule has 0 atom stereocenters. The van der Waals surface area contributed by atoms with Crippen LogP contribution < -0.4 is 0 Å². The lowest BCUT2D eigenvalue weighted by atomic mass is 10.0. The fourth-order valence-electron chi connectivity index (χ4n) is 5.28. The highest BCUT2D eigenvalue weighted by Crippen LogP contribution is 2.42. The molecule has 216 valence electrons. The van der Waals surface area contributed by atoms with Crippen LogP contribution in [0, 0.1) is 0 Å². The number of carbonyl (C=O) groups excluding carboxylic acids is 1. The van der Waals surface area contributed by atoms with Crippen molar-refractivity contribution >= 4 is 55.9 Å². The molecule has 4 aromatic rings. The van der Waals surface area contributed by atoms with E-state index in [1.807, 2.05) is 4.80 Å². The highest BCUT2D eigenvalue weighted by Gasteiger charge is 2.20. The zero-order valence-electron chi connectivity index (χ0n) is 24.4. The van der Waals surface area contributed by atoms with E-state index in [1.165, 1.54) is 84.0 Å². The number of unbranched alkanes of at least 4 members (excludes halogenated alkanes) is 9. The lowest BCUT2D eigenvalue weighted by Gasteiger charge is -2.03. The minimum Gasteiger partial charge on any atom is -0.297 e. The van der Waals surface area contributed by atoms with E-state index in [0.717, 1.165) is 70.4 Å². The molecule has 0 aliphatic carbocycles. The van der Waals surface area contributed by atoms with Crippen LogP contribution in [0.5, 0.6) is 0 Å². The SMILES string of the molecule is CCCCCCc1cc(-c2ccc(-c3cc(CCCCCC)c(C=O)s3)c3nn(CCCCCC)nc23)sc1Br. The Morgan fingerprint density at radius 2 is 1.25 bits per heavy atom. The number of hydrogen-bond donors (Lipinski definition) is 0. The van der Waals surface area contributed by atoms with Gasteiger partial charge >= 0.3 is 0 Å². The summed E-state index contributed by atoms with van der Waals surface area (Å²) >= 11 is 7.24. The summed E-state index contributed by atoms with van der Waals surface area (Å²) in [5, 5.41) is 10.1. The average Bonchev–Trinajstić information content (AvgIpc) is 3.67. The van der Waals surface area contributed by atoms with Crippen LogP contribution in [-0.2, 0) is 19.4 Å². The molecule has 0 spiro atoms. The van der Waals surface area contributed by atoms with E-state index < -0.39 is 0 Å². The molecule has 0 N–H and O–H groups in total. The second-order valence-electron chi connectivity index (χ2n) is 10.9. The van der Waals surface area contributed by atoms with Crippen molar-refractivity contribution in [3.63, 3.8) is 0 Å². The maximum Gasteiger partial charge on any atom is 0.160 e. The summed E-state index contributed by atoms with van der Waals surface area (Å²) in [5.74, 6) is 0. The van der Waals surface area contributed by atoms with Crippen molar-refractivity contribution in [3.8, 4) is 20.9 Å². The molecule has 0 bridgehead atoms. The molecule has 4 nitrogen and oxygen atoms in total. The number of halogens is 1. The number of rotatable bonds is 18. The lowest BCUT2D eigenvalue weighted by Crippen LogP contribution is -2.02. The summed E-state index contributed by atoms with van der Waals surface area (Å²) in [6, 6.07) is 8.99. The predicted octanol–water partition coefficient (Wildman–Crippen LogP) is 11.3. The molecule has 0 saturated carbocycles. The topological polar surface area (TPSA) is 47.8 Å². The van der Waals surface area contributed by atoms with Gasteiger partial charge in [-0.3, -0.25) is 4.79 Å². The summed E-state index contributed by atoms with van der Waals surface area (Å²) in [6.45, 7) is 7.56. The molecular formula is C33H44BrN3OS2. The summed E-state index contributed by atoms with van der Waals surface area (Å²) in [6.07, 6.45) is 17.7. The maximum absolute atomic E-state index is 12.0. The third-order valence-corrected chi connectivity index (χ3v) is 10.8. The summed E-state index contributed by atoms with van der Waals surface area (Å²) < 4.78 is 1.23. The third-order valence-electron chi connectivity index (χ3n) is 7.63. The van der Waals surface area contributed by atoms with Crippen LogP contribution in [-0.4, -0.2) is 21.3 Å². The van der Waals surface area contributed by atoms with Crippen molar-refractivity contribution in [2.75, 3.05) is 0 Å². The molecule has 1 aromatic carbocycles. The third kappa shape index (κ3) is 7.92. The van der Waals surface area contributed by atoms with Gasteiger partial charge in [-0.05, 0) is 71.3 Å². The van der Waals surface area contributed by atoms with Crippen molar-refractivity contribution < 1.29 is 4.79 Å². The van der Waals surface area contributed by atoms with Gasteiger partial charge in [0.15, 0.2) is 6.29 Å². The maximum atomic E-state index is 12.0. The van der Waals surface area contributed by atoms with E-state index in [-0.39, 0.29) is 0 Å². The van der Waals surface area contributed by atoms with Crippen molar-refractivity contribution in [2.45, 2.75) is 117 Å². The number of thiophene rings is 2. The zero-order chi connectivity index (χ0) is 28.3. The van der Waals surface area contributed by atoms with Crippen molar-refractivity contribution in [2.24, 2.45) is 0 Å². The molecule has 7 heteroatoms. The Morgan fingerprint density at radius 3 is 1.82 bits per heavy atom. The van der Waals surface area contributed by atoms with Crippen molar-refractivity contribution in [1.29, 1.82) is 0 Å². The fourth-order valence-corrected chi connectivity index (χ4v) is 8.13. The van der Waals surface area contributed by atoms with Crippen LogP contribution in [0.15, 0.2) is 28.1 Å². The van der Waals surface area contributed by atoms with Crippen molar-refractivity contribution in [1.82, 2.24) is 15.0 Å². The Balaban J connectivity index is 1.69. The Morgan fingerprint density at radius 1 is 0.725 bits per heavy atom. The first-order valence-corrected chi connectivity index (χ1v) is 17.8. The van der Waals surface area contributed by atoms with Gasteiger partial charge in [-0.2, -0.15) is 15.0 Å². The summed E-state index contributed by atoms with van der Waals surface area (Å²) in [7, 11) is 0. The van der Waals surface area contributed by atoms with Gasteiger partial charge in [-0.25, -0.2) is 0 Å². The monoisotopic (exact) mass is 641 g/mol. The molecule has 0 unspecified atom stereocenters. The van der Waals surface area contributed by atoms with Crippen LogP contribution in [0.2, 0.25) is 0 Å². The fraction of sp³-hybridized carbons (Fsp3) is 0.545. The van der Waals surface area contributed by atoms with Crippen LogP contribution >= 0.6 is 38.6 Å². The van der Waals surface area contributed by atoms with Gasteiger partial charge in [0.1, 0.15) is 11.0 Å². The van der Waals surface area contributed by atoms with E-state index in [9.17, 15) is 4.79 Å². The number of aryl methyl sites for hydroxylation is 3. The smallest absolute Gasteiger partial charge is 0.160 e. The number of aldehydes is 1. The molecule has 0 fully saturated rings. The summed E-state index contributed by atoms with van der Waals surface area (Å²) in [4.78, 5) is 17.1. The Bertz CT molecular complexity index is 1370. The molecule has 40 heavy (non-hydrogen) atoms. The van der Waals surface area contributed by atoms with Crippen molar-refractivity contribution in [3.05, 3.63) is 44.1 Å². The highest BCUT2D eigenvalue weighted by atomic mass is 79.9. The Kier molecular flexibility index (Phi) is 12.4. The van der Waals surface area contributed by atoms with Crippen LogP contribution in [0.4, 0.5) is 0 Å². The normalized spacial score (nSPS) is 11.6. The molecule has 0 radical (unpaired) electrons. The minimum atomic E-state index is 0.830. The highest BCUT2D eigenvalue weighted by molar-refractivity contribution is 9.11. The Hall–Kier alpha value is -1.83. The Labute approximate surface area is 256 Å². The van der Waals surface area contributed by atoms with Gasteiger partial charge in [-0.1, -0.05) is 90.7 Å². The number of nitrogens with zero attached hydrogens (tertiary/aromatic N) is 3. The lowest BCUT2D eigenvalue weighted by molar-refractivity contribution is 0.112. The molecule has 0 saturated heterocycles. The van der Waals surface area contributed by atoms with E-state index in [2.05, 4.69) is 61.0 Å². The number of carbonyl (C=O) groups is 1. The number of aromatic nitrogens is 3. The molecule has 3 aromatic heterocycles. The first kappa shape index (κ1) is 31.1. The molecule has 4 rings (SSSR count). The zero-order valence-corrected chi connectivity index (χ0v) is 27.7. The van der Waals surface area contributed by atoms with Crippen LogP contribution in [0.25, 0.3) is 31.9 Å². The van der Waals surface area contributed by atoms with Gasteiger partial charge in [0.25, 0.3) is 0 Å². The number of fused-ring (bicyclic) bond motifs is 1. The minimum absolute atomic E-state index is 0.830. The van der Waals surface area contributed by atoms with E-state index >= 15 is 0 Å². The van der Waals surface area contributed by atoms with Gasteiger partial charge in [0, 0.05) is 20.9 Å². The first-order valence-electron chi connectivity index (χ1n) is 15.3. The first-order chi connectivity index (χ1) is 19.6. The standard InChI is InChI=1S/C33H44BrN3OS2/c1-4-7-10-13-16-24-21-28(39-30(24)23-38)26-18-19-27(29-22-25(33(34)40-29)17-14-11-8-5-2)32-31(26)35-37(36-32)20-15-12-9-6-3/h18-19,21-23H,4-17,20H2,1-3H3. The van der Waals surface area contributed by atoms with Gasteiger partial charge < -0.3 is 0 Å². The largest absolute Gasteiger partial charge is 0.297 e. The second-order valence-corrected chi connectivity index (χ2v) is 14.3. The number of hydrogen-bond acceptors (Lipinski definition) is 5. The average molecular weight is 643 g/mol. The second kappa shape index (κ2) is 16.0. The summed E-state index contributed by atoms with van der Waals surface area (Å²) in [5.41, 5.74) is 6.70. The van der Waals surface area contributed by atoms with E-state index in [1.54, 1.807) is 22.7 Å². The quantitative estimate of drug-likeness (QED) is 0.0801. The van der Waals surface area contributed by atoms with Gasteiger partial charge in [0.2, 0.25) is 0 Å². The number of benzene rings is 1. The van der Waals surface area contributed by atoms with Crippen LogP contribution in [0.3, 0.4) is 0 Å². The molecular weight excluding hydrogens is 598 g/mol. The van der Waals surface area contributed by atoms with E-state index in [4.69, 9.17) is 10.2 Å². The molecule has 3 heterocycles.